The maximum absolute atomic E-state index is 12.6. The van der Waals surface area contributed by atoms with Gasteiger partial charge in [0.15, 0.2) is 0 Å². The van der Waals surface area contributed by atoms with E-state index in [2.05, 4.69) is 19.2 Å². The molecule has 5 nitrogen and oxygen atoms in total. The number of hydrogen-bond acceptors (Lipinski definition) is 3. The van der Waals surface area contributed by atoms with Gasteiger partial charge in [0.05, 0.1) is 0 Å². The molecule has 1 aliphatic heterocycles. The lowest BCUT2D eigenvalue weighted by atomic mass is 9.97. The number of amides is 2. The van der Waals surface area contributed by atoms with Gasteiger partial charge >= 0.3 is 6.09 Å². The summed E-state index contributed by atoms with van der Waals surface area (Å²) < 4.78 is 5.41. The molecule has 1 heterocycles. The standard InChI is InChI=1S/C19H28N2O3/c1-15(2)10-12-20-17(22)19(3)11-7-13-21(19)18(23)24-14-16-8-5-4-6-9-16/h4-6,8-9,15H,7,10-14H2,1-3H3,(H,20,22). The van der Waals surface area contributed by atoms with Crippen molar-refractivity contribution in [3.05, 3.63) is 35.9 Å². The lowest BCUT2D eigenvalue weighted by Gasteiger charge is -2.33. The van der Waals surface area contributed by atoms with Crippen LogP contribution in [0.25, 0.3) is 0 Å². The highest BCUT2D eigenvalue weighted by molar-refractivity contribution is 5.90. The smallest absolute Gasteiger partial charge is 0.410 e. The summed E-state index contributed by atoms with van der Waals surface area (Å²) in [5.74, 6) is 0.450. The molecule has 1 saturated heterocycles. The Morgan fingerprint density at radius 2 is 2.00 bits per heavy atom. The minimum absolute atomic E-state index is 0.0858. The normalized spacial score (nSPS) is 20.2. The Morgan fingerprint density at radius 1 is 1.29 bits per heavy atom. The molecular formula is C19H28N2O3. The van der Waals surface area contributed by atoms with E-state index in [4.69, 9.17) is 4.74 Å². The highest BCUT2D eigenvalue weighted by Gasteiger charge is 2.46. The fraction of sp³-hybridized carbons (Fsp3) is 0.579. The second-order valence-corrected chi connectivity index (χ2v) is 7.01. The van der Waals surface area contributed by atoms with Crippen LogP contribution in [-0.2, 0) is 16.1 Å². The van der Waals surface area contributed by atoms with Crippen LogP contribution in [0, 0.1) is 5.92 Å². The average molecular weight is 332 g/mol. The van der Waals surface area contributed by atoms with Gasteiger partial charge in [-0.3, -0.25) is 9.69 Å². The van der Waals surface area contributed by atoms with Gasteiger partial charge in [-0.1, -0.05) is 44.2 Å². The van der Waals surface area contributed by atoms with E-state index in [1.165, 1.54) is 0 Å². The molecule has 2 rings (SSSR count). The highest BCUT2D eigenvalue weighted by atomic mass is 16.6. The number of nitrogens with one attached hydrogen (secondary N) is 1. The average Bonchev–Trinajstić information content (AvgIpc) is 2.96. The zero-order chi connectivity index (χ0) is 17.6. The molecule has 1 aliphatic rings. The quantitative estimate of drug-likeness (QED) is 0.869. The second kappa shape index (κ2) is 8.18. The van der Waals surface area contributed by atoms with E-state index in [1.54, 1.807) is 4.90 Å². The van der Waals surface area contributed by atoms with Crippen molar-refractivity contribution in [1.29, 1.82) is 0 Å². The number of ether oxygens (including phenoxy) is 1. The highest BCUT2D eigenvalue weighted by Crippen LogP contribution is 2.30. The first-order chi connectivity index (χ1) is 11.4. The molecule has 132 valence electrons. The zero-order valence-corrected chi connectivity index (χ0v) is 14.9. The maximum atomic E-state index is 12.6. The number of benzene rings is 1. The van der Waals surface area contributed by atoms with Crippen LogP contribution in [-0.4, -0.2) is 35.5 Å². The molecule has 24 heavy (non-hydrogen) atoms. The van der Waals surface area contributed by atoms with Gasteiger partial charge in [-0.15, -0.1) is 0 Å². The molecule has 0 saturated carbocycles. The predicted molar refractivity (Wildman–Crippen MR) is 93.4 cm³/mol. The molecule has 5 heteroatoms. The Labute approximate surface area is 144 Å². The van der Waals surface area contributed by atoms with Gasteiger partial charge in [0, 0.05) is 13.1 Å². The zero-order valence-electron chi connectivity index (χ0n) is 14.9. The van der Waals surface area contributed by atoms with E-state index < -0.39 is 11.6 Å². The molecule has 0 radical (unpaired) electrons. The molecule has 1 atom stereocenters. The number of hydrogen-bond donors (Lipinski definition) is 1. The van der Waals surface area contributed by atoms with Crippen molar-refractivity contribution in [3.8, 4) is 0 Å². The summed E-state index contributed by atoms with van der Waals surface area (Å²) >= 11 is 0. The third kappa shape index (κ3) is 4.49. The van der Waals surface area contributed by atoms with Crippen LogP contribution in [0.5, 0.6) is 0 Å². The third-order valence-electron chi connectivity index (χ3n) is 4.56. The first-order valence-corrected chi connectivity index (χ1v) is 8.70. The van der Waals surface area contributed by atoms with E-state index in [1.807, 2.05) is 37.3 Å². The Morgan fingerprint density at radius 3 is 2.67 bits per heavy atom. The monoisotopic (exact) mass is 332 g/mol. The SMILES string of the molecule is CC(C)CCNC(=O)C1(C)CCCN1C(=O)OCc1ccccc1. The predicted octanol–water partition coefficient (Wildman–Crippen LogP) is 3.34. The lowest BCUT2D eigenvalue weighted by Crippen LogP contribution is -2.55. The van der Waals surface area contributed by atoms with Gasteiger partial charge in [0.1, 0.15) is 12.1 Å². The third-order valence-corrected chi connectivity index (χ3v) is 4.56. The fourth-order valence-electron chi connectivity index (χ4n) is 2.95. The number of likely N-dealkylation sites (tertiary alicyclic amines) is 1. The minimum Gasteiger partial charge on any atom is -0.445 e. The van der Waals surface area contributed by atoms with Crippen molar-refractivity contribution in [2.75, 3.05) is 13.1 Å². The molecule has 0 spiro atoms. The first kappa shape index (κ1) is 18.3. The summed E-state index contributed by atoms with van der Waals surface area (Å²) in [4.78, 5) is 26.6. The Bertz CT molecular complexity index is 559. The maximum Gasteiger partial charge on any atom is 0.410 e. The molecule has 1 aromatic carbocycles. The molecule has 2 amide bonds. The van der Waals surface area contributed by atoms with E-state index in [9.17, 15) is 9.59 Å². The lowest BCUT2D eigenvalue weighted by molar-refractivity contribution is -0.130. The molecule has 1 N–H and O–H groups in total. The largest absolute Gasteiger partial charge is 0.445 e. The van der Waals surface area contributed by atoms with E-state index in [0.29, 0.717) is 25.4 Å². The summed E-state index contributed by atoms with van der Waals surface area (Å²) in [6.07, 6.45) is 1.99. The topological polar surface area (TPSA) is 58.6 Å². The summed E-state index contributed by atoms with van der Waals surface area (Å²) in [6, 6.07) is 9.56. The van der Waals surface area contributed by atoms with Crippen molar-refractivity contribution in [1.82, 2.24) is 10.2 Å². The van der Waals surface area contributed by atoms with Crippen LogP contribution < -0.4 is 5.32 Å². The van der Waals surface area contributed by atoms with Crippen LogP contribution in [0.2, 0.25) is 0 Å². The van der Waals surface area contributed by atoms with E-state index >= 15 is 0 Å². The Balaban J connectivity index is 1.92. The summed E-state index contributed by atoms with van der Waals surface area (Å²) in [7, 11) is 0. The molecule has 1 fully saturated rings. The Kier molecular flexibility index (Phi) is 6.23. The Hall–Kier alpha value is -2.04. The van der Waals surface area contributed by atoms with Crippen molar-refractivity contribution in [2.45, 2.75) is 52.2 Å². The van der Waals surface area contributed by atoms with E-state index in [-0.39, 0.29) is 12.5 Å². The molecule has 0 aliphatic carbocycles. The first-order valence-electron chi connectivity index (χ1n) is 8.70. The summed E-state index contributed by atoms with van der Waals surface area (Å²) in [5.41, 5.74) is 0.123. The van der Waals surface area contributed by atoms with E-state index in [0.717, 1.165) is 18.4 Å². The summed E-state index contributed by atoms with van der Waals surface area (Å²) in [5, 5.41) is 2.97. The van der Waals surface area contributed by atoms with Gasteiger partial charge in [0.25, 0.3) is 0 Å². The van der Waals surface area contributed by atoms with Crippen LogP contribution in [0.15, 0.2) is 30.3 Å². The van der Waals surface area contributed by atoms with Crippen LogP contribution >= 0.6 is 0 Å². The number of carbonyl (C=O) groups is 2. The van der Waals surface area contributed by atoms with Crippen molar-refractivity contribution in [3.63, 3.8) is 0 Å². The molecule has 0 aromatic heterocycles. The van der Waals surface area contributed by atoms with Gasteiger partial charge < -0.3 is 10.1 Å². The molecule has 0 bridgehead atoms. The van der Waals surface area contributed by atoms with Crippen LogP contribution in [0.4, 0.5) is 4.79 Å². The van der Waals surface area contributed by atoms with Gasteiger partial charge in [-0.05, 0) is 37.7 Å². The van der Waals surface area contributed by atoms with Crippen LogP contribution in [0.3, 0.4) is 0 Å². The molecule has 1 unspecified atom stereocenters. The molecular weight excluding hydrogens is 304 g/mol. The summed E-state index contributed by atoms with van der Waals surface area (Å²) in [6.45, 7) is 7.49. The van der Waals surface area contributed by atoms with Crippen molar-refractivity contribution < 1.29 is 14.3 Å². The van der Waals surface area contributed by atoms with Crippen LogP contribution in [0.1, 0.15) is 45.6 Å². The van der Waals surface area contributed by atoms with Crippen molar-refractivity contribution >= 4 is 12.0 Å². The minimum atomic E-state index is -0.815. The second-order valence-electron chi connectivity index (χ2n) is 7.01. The number of nitrogens with zero attached hydrogens (tertiary/aromatic N) is 1. The molecule has 1 aromatic rings. The van der Waals surface area contributed by atoms with Gasteiger partial charge in [-0.25, -0.2) is 4.79 Å². The number of carbonyl (C=O) groups excluding carboxylic acids is 2. The van der Waals surface area contributed by atoms with Gasteiger partial charge in [-0.2, -0.15) is 0 Å². The van der Waals surface area contributed by atoms with Crippen molar-refractivity contribution in [2.24, 2.45) is 5.92 Å². The van der Waals surface area contributed by atoms with Gasteiger partial charge in [0.2, 0.25) is 5.91 Å². The fourth-order valence-corrected chi connectivity index (χ4v) is 2.95. The number of rotatable bonds is 6.